The fourth-order valence-corrected chi connectivity index (χ4v) is 5.61. The Labute approximate surface area is 280 Å². The first-order chi connectivity index (χ1) is 21.9. The molecule has 0 amide bonds. The van der Waals surface area contributed by atoms with Crippen LogP contribution in [0, 0.1) is 5.92 Å². The molecule has 0 N–H and O–H groups in total. The largest absolute Gasteiger partial charge is 0.491 e. The van der Waals surface area contributed by atoms with Crippen molar-refractivity contribution in [3.63, 3.8) is 0 Å². The van der Waals surface area contributed by atoms with Crippen LogP contribution in [-0.2, 0) is 20.8 Å². The number of ether oxygens (including phenoxy) is 3. The van der Waals surface area contributed by atoms with E-state index in [-0.39, 0.29) is 36.5 Å². The van der Waals surface area contributed by atoms with Gasteiger partial charge < -0.3 is 24.0 Å². The maximum absolute atomic E-state index is 15.0. The van der Waals surface area contributed by atoms with Crippen molar-refractivity contribution in [3.8, 4) is 0 Å². The molecule has 2 aromatic rings. The molecule has 9 nitrogen and oxygen atoms in total. The van der Waals surface area contributed by atoms with Crippen molar-refractivity contribution in [1.82, 2.24) is 24.1 Å². The first-order valence-corrected chi connectivity index (χ1v) is 15.9. The van der Waals surface area contributed by atoms with Crippen LogP contribution in [0.1, 0.15) is 37.5 Å². The lowest BCUT2D eigenvalue weighted by Gasteiger charge is -2.26. The van der Waals surface area contributed by atoms with Crippen molar-refractivity contribution < 1.29 is 18.6 Å². The summed E-state index contributed by atoms with van der Waals surface area (Å²) in [5, 5.41) is 5.23. The van der Waals surface area contributed by atoms with Crippen LogP contribution in [0.15, 0.2) is 96.8 Å². The molecule has 0 spiro atoms. The zero-order valence-electron chi connectivity index (χ0n) is 26.5. The van der Waals surface area contributed by atoms with Crippen molar-refractivity contribution in [1.29, 1.82) is 0 Å². The second-order valence-corrected chi connectivity index (χ2v) is 12.4. The smallest absolute Gasteiger partial charge is 0.350 e. The molecule has 2 atom stereocenters. The van der Waals surface area contributed by atoms with Gasteiger partial charge in [0.05, 0.1) is 17.3 Å². The number of rotatable bonds is 16. The zero-order chi connectivity index (χ0) is 33.4. The van der Waals surface area contributed by atoms with Gasteiger partial charge in [-0.25, -0.2) is 13.9 Å². The molecule has 46 heavy (non-hydrogen) atoms. The molecule has 1 unspecified atom stereocenters. The van der Waals surface area contributed by atoms with Crippen LogP contribution in [0.3, 0.4) is 0 Å². The summed E-state index contributed by atoms with van der Waals surface area (Å²) in [6, 6.07) is 5.08. The van der Waals surface area contributed by atoms with E-state index in [0.717, 1.165) is 12.8 Å². The van der Waals surface area contributed by atoms with Crippen molar-refractivity contribution in [3.05, 3.63) is 118 Å². The lowest BCUT2D eigenvalue weighted by atomic mass is 10.1. The highest BCUT2D eigenvalue weighted by atomic mass is 35.5. The van der Waals surface area contributed by atoms with E-state index in [1.165, 1.54) is 34.5 Å². The average Bonchev–Trinajstić information content (AvgIpc) is 3.79. The lowest BCUT2D eigenvalue weighted by Crippen LogP contribution is -2.29. The zero-order valence-corrected chi connectivity index (χ0v) is 28.0. The number of hydrogen-bond acceptors (Lipinski definition) is 7. The summed E-state index contributed by atoms with van der Waals surface area (Å²) in [5.41, 5.74) is 1.85. The fraction of sp³-hybridized carbons (Fsp3) is 0.412. The average molecular weight is 675 g/mol. The second kappa shape index (κ2) is 16.3. The van der Waals surface area contributed by atoms with E-state index in [0.29, 0.717) is 52.6 Å². The summed E-state index contributed by atoms with van der Waals surface area (Å²) < 4.78 is 35.1. The highest BCUT2D eigenvalue weighted by Crippen LogP contribution is 2.33. The van der Waals surface area contributed by atoms with E-state index in [1.54, 1.807) is 42.3 Å². The Bertz CT molecular complexity index is 1560. The molecule has 2 aliphatic rings. The predicted molar refractivity (Wildman–Crippen MR) is 181 cm³/mol. The number of allylic oxidation sites excluding steroid dienone is 5. The second-order valence-electron chi connectivity index (χ2n) is 11.6. The van der Waals surface area contributed by atoms with Crippen LogP contribution in [0.25, 0.3) is 5.70 Å². The van der Waals surface area contributed by atoms with Crippen molar-refractivity contribution in [2.45, 2.75) is 44.6 Å². The number of hydrogen-bond donors (Lipinski definition) is 0. The molecule has 12 heteroatoms. The third kappa shape index (κ3) is 9.48. The molecular weight excluding hydrogens is 632 g/mol. The minimum absolute atomic E-state index is 0.122. The van der Waals surface area contributed by atoms with E-state index in [9.17, 15) is 9.18 Å². The Hall–Kier alpha value is -3.57. The van der Waals surface area contributed by atoms with Gasteiger partial charge in [0.1, 0.15) is 30.6 Å². The number of likely N-dealkylation sites (N-methyl/N-ethyl adjacent to an activating group) is 2. The number of aromatic nitrogens is 3. The molecule has 2 heterocycles. The van der Waals surface area contributed by atoms with Gasteiger partial charge in [-0.05, 0) is 43.0 Å². The monoisotopic (exact) mass is 673 g/mol. The molecule has 0 radical (unpaired) electrons. The topological polar surface area (TPSA) is 74.0 Å². The number of benzene rings is 1. The van der Waals surface area contributed by atoms with Gasteiger partial charge in [-0.1, -0.05) is 68.4 Å². The van der Waals surface area contributed by atoms with Gasteiger partial charge in [0, 0.05) is 61.8 Å². The van der Waals surface area contributed by atoms with Gasteiger partial charge in [-0.3, -0.25) is 4.57 Å². The Morgan fingerprint density at radius 2 is 1.85 bits per heavy atom. The molecule has 4 rings (SSSR count). The Kier molecular flexibility index (Phi) is 12.5. The molecule has 1 aliphatic heterocycles. The molecule has 1 saturated heterocycles. The molecule has 248 valence electrons. The van der Waals surface area contributed by atoms with Crippen LogP contribution in [0.4, 0.5) is 4.39 Å². The normalized spacial score (nSPS) is 18.7. The van der Waals surface area contributed by atoms with E-state index in [2.05, 4.69) is 31.4 Å². The number of nitrogens with zero attached hydrogens (tertiary/aromatic N) is 5. The maximum atomic E-state index is 15.0. The molecule has 1 aliphatic carbocycles. The molecular formula is C34H42Cl2FN5O4. The van der Waals surface area contributed by atoms with Crippen LogP contribution in [0.5, 0.6) is 0 Å². The summed E-state index contributed by atoms with van der Waals surface area (Å²) in [6.45, 7) is 17.8. The first-order valence-electron chi connectivity index (χ1n) is 15.2. The summed E-state index contributed by atoms with van der Waals surface area (Å²) in [5.74, 6) is 0.0630. The van der Waals surface area contributed by atoms with Gasteiger partial charge in [0.25, 0.3) is 0 Å². The predicted octanol–water partition coefficient (Wildman–Crippen LogP) is 6.96. The minimum Gasteiger partial charge on any atom is -0.491 e. The van der Waals surface area contributed by atoms with Gasteiger partial charge in [-0.15, -0.1) is 0 Å². The Balaban J connectivity index is 1.18. The molecule has 1 saturated carbocycles. The minimum atomic E-state index is -0.642. The third-order valence-corrected chi connectivity index (χ3v) is 8.69. The standard InChI is InChI=1S/C34H42Cl2FN5O4/c1-23(11-12-24(2)41-22-38-42(34(41)43)19-27-9-7-8-10-27)39(5)15-16-40(6)26(4)32(37)17-25(3)44-20-29-21-45-33(46-29)30-14-13-28(35)18-31(30)36/h11-14,17-18,22,27,29,33H,1-4,7-10,15-16,19-21H2,5-6H3/b12-11-,32-17+/t29-,33?/m1/s1. The number of halogens is 3. The molecule has 0 bridgehead atoms. The van der Waals surface area contributed by atoms with E-state index < -0.39 is 12.1 Å². The lowest BCUT2D eigenvalue weighted by molar-refractivity contribution is -0.0691. The summed E-state index contributed by atoms with van der Waals surface area (Å²) in [6.07, 6.45) is 9.88. The summed E-state index contributed by atoms with van der Waals surface area (Å²) in [4.78, 5) is 16.4. The van der Waals surface area contributed by atoms with Crippen LogP contribution >= 0.6 is 23.2 Å². The summed E-state index contributed by atoms with van der Waals surface area (Å²) >= 11 is 12.2. The van der Waals surface area contributed by atoms with Crippen molar-refractivity contribution >= 4 is 28.9 Å². The Morgan fingerprint density at radius 3 is 2.57 bits per heavy atom. The maximum Gasteiger partial charge on any atom is 0.350 e. The fourth-order valence-electron chi connectivity index (χ4n) is 5.12. The highest BCUT2D eigenvalue weighted by Gasteiger charge is 2.29. The first kappa shape index (κ1) is 35.3. The highest BCUT2D eigenvalue weighted by molar-refractivity contribution is 6.35. The van der Waals surface area contributed by atoms with Gasteiger partial charge >= 0.3 is 5.69 Å². The van der Waals surface area contributed by atoms with E-state index in [4.69, 9.17) is 37.4 Å². The SMILES string of the molecule is C=C(/C=C(/F)C(=C)N(C)CCN(C)C(=C)/C=C\C(=C)n1cnn(CC2CCCC2)c1=O)OC[C@@H]1COC(c2ccc(Cl)cc2Cl)O1. The molecule has 2 fully saturated rings. The van der Waals surface area contributed by atoms with E-state index in [1.807, 2.05) is 11.9 Å². The summed E-state index contributed by atoms with van der Waals surface area (Å²) in [7, 11) is 3.62. The third-order valence-electron chi connectivity index (χ3n) is 8.12. The van der Waals surface area contributed by atoms with Crippen LogP contribution in [-0.4, -0.2) is 70.6 Å². The Morgan fingerprint density at radius 1 is 1.13 bits per heavy atom. The van der Waals surface area contributed by atoms with Crippen LogP contribution < -0.4 is 5.69 Å². The van der Waals surface area contributed by atoms with Crippen molar-refractivity contribution in [2.24, 2.45) is 5.92 Å². The van der Waals surface area contributed by atoms with Crippen molar-refractivity contribution in [2.75, 3.05) is 40.4 Å². The van der Waals surface area contributed by atoms with E-state index >= 15 is 0 Å². The molecule has 1 aromatic carbocycles. The van der Waals surface area contributed by atoms with Gasteiger partial charge in [0.15, 0.2) is 6.29 Å². The molecule has 1 aromatic heterocycles. The quantitative estimate of drug-likeness (QED) is 0.141. The van der Waals surface area contributed by atoms with Crippen LogP contribution in [0.2, 0.25) is 10.0 Å². The van der Waals surface area contributed by atoms with Gasteiger partial charge in [-0.2, -0.15) is 5.10 Å². The van der Waals surface area contributed by atoms with Gasteiger partial charge in [0.2, 0.25) is 0 Å².